The van der Waals surface area contributed by atoms with Crippen LogP contribution in [0.1, 0.15) is 83.6 Å². The number of aryl methyl sites for hydroxylation is 1. The molecule has 0 atom stereocenters. The van der Waals surface area contributed by atoms with Gasteiger partial charge in [-0.25, -0.2) is 0 Å². The lowest BCUT2D eigenvalue weighted by Gasteiger charge is -2.10. The van der Waals surface area contributed by atoms with Gasteiger partial charge in [-0.2, -0.15) is 0 Å². The minimum absolute atomic E-state index is 1.04. The molecule has 2 heteroatoms. The van der Waals surface area contributed by atoms with Crippen LogP contribution < -0.4 is 0 Å². The van der Waals surface area contributed by atoms with Crippen LogP contribution in [0.5, 0.6) is 0 Å². The quantitative estimate of drug-likeness (QED) is 0.227. The van der Waals surface area contributed by atoms with Crippen molar-refractivity contribution in [3.05, 3.63) is 30.7 Å². The summed E-state index contributed by atoms with van der Waals surface area (Å²) < 4.78 is 0. The van der Waals surface area contributed by atoms with Crippen LogP contribution in [0.25, 0.3) is 0 Å². The third kappa shape index (κ3) is 10.7. The highest BCUT2D eigenvalue weighted by Gasteiger charge is 2.03. The van der Waals surface area contributed by atoms with E-state index in [1.54, 1.807) is 0 Å². The first kappa shape index (κ1) is 22.0. The summed E-state index contributed by atoms with van der Waals surface area (Å²) in [7, 11) is 0. The van der Waals surface area contributed by atoms with Gasteiger partial charge >= 0.3 is 0 Å². The Morgan fingerprint density at radius 1 is 0.708 bits per heavy atom. The van der Waals surface area contributed by atoms with Gasteiger partial charge in [-0.15, -0.1) is 23.5 Å². The van der Waals surface area contributed by atoms with Gasteiger partial charge in [0, 0.05) is 9.79 Å². The number of rotatable bonds is 15. The normalized spacial score (nSPS) is 11.1. The Kier molecular flexibility index (Phi) is 13.9. The molecule has 0 saturated carbocycles. The summed E-state index contributed by atoms with van der Waals surface area (Å²) in [5, 5.41) is 0. The van der Waals surface area contributed by atoms with Crippen molar-refractivity contribution in [3.63, 3.8) is 0 Å². The van der Waals surface area contributed by atoms with Crippen molar-refractivity contribution in [3.8, 4) is 0 Å². The van der Waals surface area contributed by atoms with Gasteiger partial charge in [0.25, 0.3) is 0 Å². The molecule has 0 N–H and O–H groups in total. The summed E-state index contributed by atoms with van der Waals surface area (Å²) in [6.07, 6.45) is 14.3. The zero-order valence-corrected chi connectivity index (χ0v) is 17.6. The molecule has 0 aliphatic heterocycles. The Morgan fingerprint density at radius 3 is 1.71 bits per heavy atom. The summed E-state index contributed by atoms with van der Waals surface area (Å²) >= 11 is 4.10. The second kappa shape index (κ2) is 15.2. The smallest absolute Gasteiger partial charge is 0.00858 e. The summed E-state index contributed by atoms with van der Waals surface area (Å²) in [5.41, 5.74) is 1.51. The van der Waals surface area contributed by atoms with Gasteiger partial charge in [0.1, 0.15) is 0 Å². The SMILES string of the molecule is [CH2]CCCc1cc(SCCCCCC)cc(SCCCCCC)c1. The van der Waals surface area contributed by atoms with E-state index in [1.165, 1.54) is 91.1 Å². The average molecular weight is 366 g/mol. The van der Waals surface area contributed by atoms with Crippen molar-refractivity contribution in [2.75, 3.05) is 11.5 Å². The molecule has 1 aromatic rings. The third-order valence-corrected chi connectivity index (χ3v) is 6.31. The van der Waals surface area contributed by atoms with Gasteiger partial charge in [0.2, 0.25) is 0 Å². The predicted octanol–water partition coefficient (Wildman–Crippen LogP) is 8.19. The molecule has 1 aromatic carbocycles. The number of hydrogen-bond acceptors (Lipinski definition) is 2. The Labute approximate surface area is 160 Å². The second-order valence-electron chi connectivity index (χ2n) is 6.59. The summed E-state index contributed by atoms with van der Waals surface area (Å²) in [6, 6.07) is 7.26. The topological polar surface area (TPSA) is 0 Å². The maximum absolute atomic E-state index is 3.99. The molecular weight excluding hydrogens is 328 g/mol. The highest BCUT2D eigenvalue weighted by molar-refractivity contribution is 8.00. The molecule has 1 rings (SSSR count). The second-order valence-corrected chi connectivity index (χ2v) is 8.92. The van der Waals surface area contributed by atoms with Crippen molar-refractivity contribution in [1.82, 2.24) is 0 Å². The molecule has 0 saturated heterocycles. The minimum Gasteiger partial charge on any atom is -0.126 e. The third-order valence-electron chi connectivity index (χ3n) is 4.19. The molecule has 137 valence electrons. The molecule has 24 heavy (non-hydrogen) atoms. The van der Waals surface area contributed by atoms with E-state index in [4.69, 9.17) is 0 Å². The Balaban J connectivity index is 2.52. The van der Waals surface area contributed by atoms with E-state index in [-0.39, 0.29) is 0 Å². The first-order valence-corrected chi connectivity index (χ1v) is 12.0. The zero-order valence-electron chi connectivity index (χ0n) is 15.9. The largest absolute Gasteiger partial charge is 0.126 e. The number of thioether (sulfide) groups is 2. The maximum atomic E-state index is 3.99. The van der Waals surface area contributed by atoms with Gasteiger partial charge < -0.3 is 0 Å². The molecule has 0 bridgehead atoms. The standard InChI is InChI=1S/C22H37S2/c1-4-7-10-12-15-23-21-17-20(14-9-6-3)18-22(19-21)24-16-13-11-8-5-2/h17-19H,3-16H2,1-2H3. The van der Waals surface area contributed by atoms with Crippen LogP contribution in [-0.2, 0) is 6.42 Å². The average Bonchev–Trinajstić information content (AvgIpc) is 2.59. The minimum atomic E-state index is 1.04. The van der Waals surface area contributed by atoms with Gasteiger partial charge in [-0.05, 0) is 61.0 Å². The molecule has 0 aliphatic carbocycles. The maximum Gasteiger partial charge on any atom is 0.00858 e. The lowest BCUT2D eigenvalue weighted by atomic mass is 10.1. The van der Waals surface area contributed by atoms with Crippen LogP contribution in [0.15, 0.2) is 28.0 Å². The van der Waals surface area contributed by atoms with Crippen molar-refractivity contribution in [2.24, 2.45) is 0 Å². The molecule has 0 aromatic heterocycles. The van der Waals surface area contributed by atoms with Crippen LogP contribution in [0.4, 0.5) is 0 Å². The molecule has 0 heterocycles. The molecule has 0 fully saturated rings. The molecule has 0 unspecified atom stereocenters. The van der Waals surface area contributed by atoms with E-state index in [1.807, 2.05) is 0 Å². The molecule has 0 nitrogen and oxygen atoms in total. The summed E-state index contributed by atoms with van der Waals surface area (Å²) in [6.45, 7) is 8.55. The number of hydrogen-bond donors (Lipinski definition) is 0. The lowest BCUT2D eigenvalue weighted by molar-refractivity contribution is 0.706. The fourth-order valence-corrected chi connectivity index (χ4v) is 4.84. The fraction of sp³-hybridized carbons (Fsp3) is 0.682. The van der Waals surface area contributed by atoms with Crippen LogP contribution in [0, 0.1) is 6.92 Å². The monoisotopic (exact) mass is 365 g/mol. The molecule has 0 amide bonds. The number of benzene rings is 1. The molecule has 0 spiro atoms. The highest BCUT2D eigenvalue weighted by Crippen LogP contribution is 2.29. The van der Waals surface area contributed by atoms with E-state index in [0.717, 1.165) is 6.42 Å². The van der Waals surface area contributed by atoms with Crippen LogP contribution in [-0.4, -0.2) is 11.5 Å². The number of unbranched alkanes of at least 4 members (excludes halogenated alkanes) is 7. The lowest BCUT2D eigenvalue weighted by Crippen LogP contribution is -1.90. The Hall–Kier alpha value is -0.0800. The Morgan fingerprint density at radius 2 is 1.25 bits per heavy atom. The van der Waals surface area contributed by atoms with Crippen LogP contribution in [0.2, 0.25) is 0 Å². The highest BCUT2D eigenvalue weighted by atomic mass is 32.2. The molecule has 0 aliphatic rings. The predicted molar refractivity (Wildman–Crippen MR) is 114 cm³/mol. The van der Waals surface area contributed by atoms with Crippen molar-refractivity contribution >= 4 is 23.5 Å². The Bertz CT molecular complexity index is 382. The van der Waals surface area contributed by atoms with Crippen LogP contribution >= 0.6 is 23.5 Å². The molecular formula is C22H37S2. The summed E-state index contributed by atoms with van der Waals surface area (Å²) in [4.78, 5) is 2.95. The van der Waals surface area contributed by atoms with E-state index >= 15 is 0 Å². The van der Waals surface area contributed by atoms with Gasteiger partial charge in [-0.3, -0.25) is 0 Å². The fourth-order valence-electron chi connectivity index (χ4n) is 2.71. The van der Waals surface area contributed by atoms with E-state index in [2.05, 4.69) is 62.5 Å². The first-order valence-electron chi connectivity index (χ1n) is 9.99. The summed E-state index contributed by atoms with van der Waals surface area (Å²) in [5.74, 6) is 2.53. The zero-order chi connectivity index (χ0) is 17.5. The van der Waals surface area contributed by atoms with E-state index < -0.39 is 0 Å². The molecule has 1 radical (unpaired) electrons. The van der Waals surface area contributed by atoms with Gasteiger partial charge in [0.15, 0.2) is 0 Å². The first-order chi connectivity index (χ1) is 11.8. The van der Waals surface area contributed by atoms with Crippen molar-refractivity contribution in [2.45, 2.75) is 94.3 Å². The van der Waals surface area contributed by atoms with E-state index in [9.17, 15) is 0 Å². The van der Waals surface area contributed by atoms with Crippen LogP contribution in [0.3, 0.4) is 0 Å². The van der Waals surface area contributed by atoms with Crippen molar-refractivity contribution < 1.29 is 0 Å². The van der Waals surface area contributed by atoms with E-state index in [0.29, 0.717) is 0 Å². The van der Waals surface area contributed by atoms with Crippen molar-refractivity contribution in [1.29, 1.82) is 0 Å². The van der Waals surface area contributed by atoms with Gasteiger partial charge in [0.05, 0.1) is 0 Å². The van der Waals surface area contributed by atoms with Gasteiger partial charge in [-0.1, -0.05) is 65.7 Å².